The zero-order valence-corrected chi connectivity index (χ0v) is 18.0. The number of phenolic OH excluding ortho intramolecular Hbond substituents is 1. The van der Waals surface area contributed by atoms with E-state index in [1.54, 1.807) is 13.3 Å². The van der Waals surface area contributed by atoms with Gasteiger partial charge in [0.1, 0.15) is 11.5 Å². The van der Waals surface area contributed by atoms with E-state index in [4.69, 9.17) is 17.0 Å². The lowest BCUT2D eigenvalue weighted by Crippen LogP contribution is -1.96. The second-order valence-electron chi connectivity index (χ2n) is 4.96. The highest BCUT2D eigenvalue weighted by atomic mass is 127. The maximum Gasteiger partial charge on any atom is 0.216 e. The summed E-state index contributed by atoms with van der Waals surface area (Å²) >= 11 is 9.54. The zero-order chi connectivity index (χ0) is 18.0. The summed E-state index contributed by atoms with van der Waals surface area (Å²) in [5.74, 6) is 1.51. The molecule has 1 aromatic heterocycles. The van der Waals surface area contributed by atoms with E-state index < -0.39 is 0 Å². The van der Waals surface area contributed by atoms with Crippen molar-refractivity contribution in [1.29, 1.82) is 0 Å². The van der Waals surface area contributed by atoms with Crippen LogP contribution in [0.1, 0.15) is 5.56 Å². The molecule has 0 unspecified atom stereocenters. The largest absolute Gasteiger partial charge is 0.506 e. The van der Waals surface area contributed by atoms with Crippen LogP contribution in [0.4, 0.5) is 0 Å². The third-order valence-corrected chi connectivity index (χ3v) is 5.08. The minimum absolute atomic E-state index is 0.186. The lowest BCUT2D eigenvalue weighted by molar-refractivity contribution is 0.415. The molecule has 0 fully saturated rings. The van der Waals surface area contributed by atoms with Crippen molar-refractivity contribution in [2.75, 3.05) is 7.11 Å². The molecular formula is C16H12I2N4O2S. The fourth-order valence-corrected chi connectivity index (χ4v) is 4.20. The van der Waals surface area contributed by atoms with Crippen LogP contribution in [0.15, 0.2) is 41.5 Å². The van der Waals surface area contributed by atoms with E-state index >= 15 is 0 Å². The second kappa shape index (κ2) is 7.83. The van der Waals surface area contributed by atoms with Crippen LogP contribution in [-0.4, -0.2) is 33.3 Å². The molecule has 0 saturated carbocycles. The molecule has 0 amide bonds. The number of H-pyrrole nitrogens is 1. The number of nitrogens with zero attached hydrogens (tertiary/aromatic N) is 3. The van der Waals surface area contributed by atoms with Gasteiger partial charge in [0.2, 0.25) is 4.77 Å². The lowest BCUT2D eigenvalue weighted by Gasteiger charge is -2.04. The molecule has 2 N–H and O–H groups in total. The average molecular weight is 578 g/mol. The van der Waals surface area contributed by atoms with Crippen molar-refractivity contribution in [3.63, 3.8) is 0 Å². The number of aromatic amines is 1. The molecule has 25 heavy (non-hydrogen) atoms. The van der Waals surface area contributed by atoms with Gasteiger partial charge in [-0.25, -0.2) is 5.10 Å². The molecule has 0 bridgehead atoms. The summed E-state index contributed by atoms with van der Waals surface area (Å²) in [6, 6.07) is 11.2. The molecule has 0 spiro atoms. The molecule has 0 radical (unpaired) electrons. The highest BCUT2D eigenvalue weighted by Gasteiger charge is 2.09. The molecule has 3 rings (SSSR count). The Morgan fingerprint density at radius 1 is 1.28 bits per heavy atom. The molecule has 0 aliphatic carbocycles. The molecule has 0 saturated heterocycles. The number of methoxy groups -OCH3 is 1. The Bertz CT molecular complexity index is 996. The molecule has 3 aromatic rings. The lowest BCUT2D eigenvalue weighted by atomic mass is 10.2. The molecule has 0 atom stereocenters. The Balaban J connectivity index is 2.01. The van der Waals surface area contributed by atoms with Crippen molar-refractivity contribution >= 4 is 63.6 Å². The number of phenols is 1. The van der Waals surface area contributed by atoms with Crippen LogP contribution in [0, 0.1) is 11.9 Å². The van der Waals surface area contributed by atoms with Gasteiger partial charge < -0.3 is 9.84 Å². The van der Waals surface area contributed by atoms with Crippen molar-refractivity contribution in [2.24, 2.45) is 5.10 Å². The number of ether oxygens (including phenoxy) is 1. The van der Waals surface area contributed by atoms with Gasteiger partial charge in [-0.05, 0) is 93.8 Å². The van der Waals surface area contributed by atoms with Crippen LogP contribution >= 0.6 is 57.4 Å². The standard InChI is InChI=1S/C16H12I2N4O2S/c1-24-12-4-2-9(3-5-12)15-20-21-16(25)22(15)19-8-10-6-11(17)7-13(18)14(10)23/h2-8,23H,1H3,(H,21,25)/b19-8-. The summed E-state index contributed by atoms with van der Waals surface area (Å²) in [7, 11) is 1.62. The summed E-state index contributed by atoms with van der Waals surface area (Å²) in [4.78, 5) is 0. The van der Waals surface area contributed by atoms with E-state index in [1.807, 2.05) is 36.4 Å². The summed E-state index contributed by atoms with van der Waals surface area (Å²) in [6.07, 6.45) is 1.57. The van der Waals surface area contributed by atoms with Crippen LogP contribution in [0.5, 0.6) is 11.5 Å². The molecule has 128 valence electrons. The van der Waals surface area contributed by atoms with Crippen molar-refractivity contribution in [3.05, 3.63) is 53.9 Å². The molecule has 9 heteroatoms. The predicted octanol–water partition coefficient (Wildman–Crippen LogP) is 4.41. The highest BCUT2D eigenvalue weighted by Crippen LogP contribution is 2.26. The first-order chi connectivity index (χ1) is 12.0. The molecule has 0 aliphatic heterocycles. The molecule has 1 heterocycles. The van der Waals surface area contributed by atoms with Gasteiger partial charge in [0.05, 0.1) is 16.9 Å². The Kier molecular flexibility index (Phi) is 5.74. The van der Waals surface area contributed by atoms with Crippen LogP contribution in [0.25, 0.3) is 11.4 Å². The Morgan fingerprint density at radius 2 is 2.00 bits per heavy atom. The number of rotatable bonds is 4. The third-order valence-electron chi connectivity index (χ3n) is 3.37. The van der Waals surface area contributed by atoms with Crippen LogP contribution in [0.3, 0.4) is 0 Å². The van der Waals surface area contributed by atoms with Crippen LogP contribution < -0.4 is 4.74 Å². The fourth-order valence-electron chi connectivity index (χ4n) is 2.13. The topological polar surface area (TPSA) is 75.4 Å². The molecule has 0 aliphatic rings. The number of nitrogens with one attached hydrogen (secondary N) is 1. The first kappa shape index (κ1) is 18.3. The van der Waals surface area contributed by atoms with Gasteiger partial charge in [-0.2, -0.15) is 14.9 Å². The quantitative estimate of drug-likeness (QED) is 0.274. The first-order valence-corrected chi connectivity index (χ1v) is 9.60. The minimum Gasteiger partial charge on any atom is -0.506 e. The maximum atomic E-state index is 10.2. The normalized spacial score (nSPS) is 11.2. The van der Waals surface area contributed by atoms with E-state index in [1.165, 1.54) is 4.68 Å². The summed E-state index contributed by atoms with van der Waals surface area (Å²) in [5.41, 5.74) is 1.45. The fraction of sp³-hybridized carbons (Fsp3) is 0.0625. The number of aromatic nitrogens is 3. The number of hydrogen-bond acceptors (Lipinski definition) is 5. The van der Waals surface area contributed by atoms with Gasteiger partial charge in [0.25, 0.3) is 0 Å². The van der Waals surface area contributed by atoms with Crippen molar-refractivity contribution in [2.45, 2.75) is 0 Å². The van der Waals surface area contributed by atoms with E-state index in [9.17, 15) is 5.11 Å². The summed E-state index contributed by atoms with van der Waals surface area (Å²) in [6.45, 7) is 0. The predicted molar refractivity (Wildman–Crippen MR) is 116 cm³/mol. The Labute approximate surface area is 176 Å². The number of benzene rings is 2. The van der Waals surface area contributed by atoms with Gasteiger partial charge in [0, 0.05) is 14.7 Å². The van der Waals surface area contributed by atoms with E-state index in [2.05, 4.69) is 60.5 Å². The minimum atomic E-state index is 0.186. The SMILES string of the molecule is COc1ccc(-c2n[nH]c(=S)n2/N=C\c2cc(I)cc(I)c2O)cc1. The van der Waals surface area contributed by atoms with E-state index in [-0.39, 0.29) is 5.75 Å². The van der Waals surface area contributed by atoms with Crippen LogP contribution in [0.2, 0.25) is 0 Å². The maximum absolute atomic E-state index is 10.2. The number of hydrogen-bond donors (Lipinski definition) is 2. The van der Waals surface area contributed by atoms with Gasteiger partial charge >= 0.3 is 0 Å². The molecule has 6 nitrogen and oxygen atoms in total. The number of aromatic hydroxyl groups is 1. The smallest absolute Gasteiger partial charge is 0.216 e. The van der Waals surface area contributed by atoms with Crippen LogP contribution in [-0.2, 0) is 0 Å². The number of halogens is 2. The second-order valence-corrected chi connectivity index (χ2v) is 7.76. The Hall–Kier alpha value is -1.47. The first-order valence-electron chi connectivity index (χ1n) is 7.04. The molecule has 2 aromatic carbocycles. The van der Waals surface area contributed by atoms with E-state index in [0.29, 0.717) is 16.2 Å². The molecular weight excluding hydrogens is 566 g/mol. The van der Waals surface area contributed by atoms with Crippen molar-refractivity contribution in [1.82, 2.24) is 14.9 Å². The third kappa shape index (κ3) is 4.03. The average Bonchev–Trinajstić information content (AvgIpc) is 2.97. The van der Waals surface area contributed by atoms with Gasteiger partial charge in [0.15, 0.2) is 5.82 Å². The van der Waals surface area contributed by atoms with Crippen molar-refractivity contribution < 1.29 is 9.84 Å². The summed E-state index contributed by atoms with van der Waals surface area (Å²) in [5, 5.41) is 21.6. The van der Waals surface area contributed by atoms with Gasteiger partial charge in [-0.1, -0.05) is 0 Å². The van der Waals surface area contributed by atoms with Crippen molar-refractivity contribution in [3.8, 4) is 22.9 Å². The highest BCUT2D eigenvalue weighted by molar-refractivity contribution is 14.1. The Morgan fingerprint density at radius 3 is 2.68 bits per heavy atom. The zero-order valence-electron chi connectivity index (χ0n) is 12.9. The summed E-state index contributed by atoms with van der Waals surface area (Å²) < 4.78 is 8.82. The van der Waals surface area contributed by atoms with Gasteiger partial charge in [-0.15, -0.1) is 0 Å². The van der Waals surface area contributed by atoms with Gasteiger partial charge in [-0.3, -0.25) is 0 Å². The van der Waals surface area contributed by atoms with E-state index in [0.717, 1.165) is 18.5 Å². The monoisotopic (exact) mass is 578 g/mol.